The molecule has 0 radical (unpaired) electrons. The van der Waals surface area contributed by atoms with Crippen molar-refractivity contribution in [1.82, 2.24) is 19.8 Å². The lowest BCUT2D eigenvalue weighted by Crippen LogP contribution is -2.15. The Morgan fingerprint density at radius 3 is 2.42 bits per heavy atom. The monoisotopic (exact) mass is 504 g/mol. The Bertz CT molecular complexity index is 1360. The fourth-order valence-corrected chi connectivity index (χ4v) is 5.58. The number of nitrogens with zero attached hydrogens (tertiary/aromatic N) is 3. The number of likely N-dealkylation sites (tertiary alicyclic amines) is 1. The topological polar surface area (TPSA) is 42.3 Å². The molecule has 1 fully saturated rings. The van der Waals surface area contributed by atoms with Crippen LogP contribution in [-0.4, -0.2) is 34.6 Å². The molecule has 1 aliphatic heterocycles. The van der Waals surface area contributed by atoms with Gasteiger partial charge in [-0.15, -0.1) is 11.3 Å². The van der Waals surface area contributed by atoms with Gasteiger partial charge in [0.2, 0.25) is 0 Å². The van der Waals surface area contributed by atoms with E-state index in [1.807, 2.05) is 53.1 Å². The first-order chi connectivity index (χ1) is 17.5. The first-order valence-electron chi connectivity index (χ1n) is 12.9. The molecular weight excluding hydrogens is 464 g/mol. The Labute approximate surface area is 220 Å². The Kier molecular flexibility index (Phi) is 9.21. The van der Waals surface area contributed by atoms with Crippen LogP contribution in [0.4, 0.5) is 0 Å². The van der Waals surface area contributed by atoms with Gasteiger partial charge in [0.25, 0.3) is 0 Å². The zero-order valence-electron chi connectivity index (χ0n) is 22.9. The van der Waals surface area contributed by atoms with Crippen LogP contribution in [0.1, 0.15) is 56.7 Å². The molecule has 5 nitrogen and oxygen atoms in total. The van der Waals surface area contributed by atoms with E-state index >= 15 is 0 Å². The smallest absolute Gasteiger partial charge is 0.148 e. The molecule has 0 amide bonds. The van der Waals surface area contributed by atoms with Gasteiger partial charge in [0.1, 0.15) is 11.5 Å². The van der Waals surface area contributed by atoms with Crippen LogP contribution in [0, 0.1) is 6.92 Å². The van der Waals surface area contributed by atoms with E-state index in [0.29, 0.717) is 0 Å². The Balaban J connectivity index is 0.000000861. The number of aryl methyl sites for hydroxylation is 1. The summed E-state index contributed by atoms with van der Waals surface area (Å²) in [6.07, 6.45) is 4.29. The fourth-order valence-electron chi connectivity index (χ4n) is 4.52. The Hall–Kier alpha value is -3.25. The minimum absolute atomic E-state index is 0.806. The molecular formula is C30H40N4OS. The maximum atomic E-state index is 6.38. The predicted molar refractivity (Wildman–Crippen MR) is 158 cm³/mol. The van der Waals surface area contributed by atoms with Gasteiger partial charge in [-0.3, -0.25) is 4.98 Å². The summed E-state index contributed by atoms with van der Waals surface area (Å²) in [6.45, 7) is 20.8. The predicted octanol–water partition coefficient (Wildman–Crippen LogP) is 8.20. The summed E-state index contributed by atoms with van der Waals surface area (Å²) in [5, 5.41) is 4.34. The van der Waals surface area contributed by atoms with E-state index in [9.17, 15) is 0 Å². The first-order valence-corrected chi connectivity index (χ1v) is 13.8. The second-order valence-electron chi connectivity index (χ2n) is 8.30. The maximum absolute atomic E-state index is 6.38. The largest absolute Gasteiger partial charge is 0.456 e. The number of rotatable bonds is 6. The number of nitrogens with one attached hydrogen (secondary N) is 1. The number of hydrogen-bond donors (Lipinski definition) is 1. The molecule has 0 atom stereocenters. The molecule has 0 unspecified atom stereocenters. The van der Waals surface area contributed by atoms with Crippen molar-refractivity contribution in [3.8, 4) is 11.5 Å². The summed E-state index contributed by atoms with van der Waals surface area (Å²) in [7, 11) is 3.98. The van der Waals surface area contributed by atoms with Gasteiger partial charge >= 0.3 is 0 Å². The molecule has 36 heavy (non-hydrogen) atoms. The van der Waals surface area contributed by atoms with Crippen molar-refractivity contribution in [3.63, 3.8) is 0 Å². The lowest BCUT2D eigenvalue weighted by Gasteiger charge is -2.18. The summed E-state index contributed by atoms with van der Waals surface area (Å²) in [5.74, 6) is 1.63. The van der Waals surface area contributed by atoms with Crippen molar-refractivity contribution in [2.75, 3.05) is 20.1 Å². The van der Waals surface area contributed by atoms with Gasteiger partial charge in [-0.1, -0.05) is 40.9 Å². The minimum Gasteiger partial charge on any atom is -0.456 e. The number of fused-ring (bicyclic) bond motifs is 2. The van der Waals surface area contributed by atoms with Gasteiger partial charge in [0, 0.05) is 73.6 Å². The Morgan fingerprint density at radius 1 is 1.06 bits per heavy atom. The van der Waals surface area contributed by atoms with Crippen molar-refractivity contribution >= 4 is 43.9 Å². The third kappa shape index (κ3) is 5.14. The quantitative estimate of drug-likeness (QED) is 0.287. The molecule has 1 saturated heterocycles. The maximum Gasteiger partial charge on any atom is 0.148 e. The molecule has 6 heteroatoms. The van der Waals surface area contributed by atoms with E-state index in [0.717, 1.165) is 67.5 Å². The van der Waals surface area contributed by atoms with Gasteiger partial charge in [0.15, 0.2) is 0 Å². The van der Waals surface area contributed by atoms with Crippen LogP contribution in [0.25, 0.3) is 32.5 Å². The minimum atomic E-state index is 0.806. The zero-order chi connectivity index (χ0) is 26.4. The highest BCUT2D eigenvalue weighted by atomic mass is 32.1. The van der Waals surface area contributed by atoms with Crippen molar-refractivity contribution in [3.05, 3.63) is 65.8 Å². The van der Waals surface area contributed by atoms with Gasteiger partial charge in [-0.25, -0.2) is 0 Å². The molecule has 1 N–H and O–H groups in total. The third-order valence-corrected chi connectivity index (χ3v) is 7.63. The highest BCUT2D eigenvalue weighted by Gasteiger charge is 2.19. The number of pyridine rings is 1. The molecule has 5 rings (SSSR count). The van der Waals surface area contributed by atoms with Crippen LogP contribution in [0.3, 0.4) is 0 Å². The van der Waals surface area contributed by atoms with E-state index < -0.39 is 0 Å². The van der Waals surface area contributed by atoms with Gasteiger partial charge in [-0.2, -0.15) is 0 Å². The summed E-state index contributed by atoms with van der Waals surface area (Å²) < 4.78 is 9.62. The molecule has 192 valence electrons. The summed E-state index contributed by atoms with van der Waals surface area (Å²) >= 11 is 1.70. The number of hydrogen-bond acceptors (Lipinski definition) is 5. The van der Waals surface area contributed by atoms with E-state index in [4.69, 9.17) is 4.74 Å². The average Bonchev–Trinajstić information content (AvgIpc) is 3.66. The molecule has 4 aromatic rings. The lowest BCUT2D eigenvalue weighted by atomic mass is 10.1. The van der Waals surface area contributed by atoms with Gasteiger partial charge in [0.05, 0.1) is 20.6 Å². The first kappa shape index (κ1) is 27.3. The second-order valence-corrected chi connectivity index (χ2v) is 9.36. The third-order valence-electron chi connectivity index (χ3n) is 6.44. The van der Waals surface area contributed by atoms with Crippen LogP contribution >= 0.6 is 11.3 Å². The van der Waals surface area contributed by atoms with Crippen molar-refractivity contribution in [2.45, 2.75) is 47.5 Å². The van der Waals surface area contributed by atoms with Crippen LogP contribution < -0.4 is 10.1 Å². The van der Waals surface area contributed by atoms with E-state index in [1.165, 1.54) is 18.5 Å². The summed E-state index contributed by atoms with van der Waals surface area (Å²) in [4.78, 5) is 8.10. The average molecular weight is 505 g/mol. The van der Waals surface area contributed by atoms with Gasteiger partial charge in [-0.05, 0) is 38.0 Å². The molecule has 0 spiro atoms. The van der Waals surface area contributed by atoms with Crippen LogP contribution in [0.2, 0.25) is 0 Å². The van der Waals surface area contributed by atoms with E-state index in [2.05, 4.69) is 65.1 Å². The van der Waals surface area contributed by atoms with Crippen LogP contribution in [0.5, 0.6) is 11.5 Å². The standard InChI is InChI=1S/C26H28N4OS.2C2H6/c1-16(27-4)25-18(3)29(5)22-14-19(8-9-20(22)25)31-23-10-11-28-21-15-24(32-26(21)23)17(2)30-12-6-7-13-30;2*1-2/h8-11,14-15,27H,1-2,6-7,12-13H2,3-5H3;2*1-2H3. The zero-order valence-corrected chi connectivity index (χ0v) is 23.7. The lowest BCUT2D eigenvalue weighted by molar-refractivity contribution is 0.489. The van der Waals surface area contributed by atoms with Crippen LogP contribution in [0.15, 0.2) is 49.7 Å². The normalized spacial score (nSPS) is 12.6. The number of aromatic nitrogens is 2. The number of benzene rings is 1. The molecule has 1 aliphatic rings. The highest BCUT2D eigenvalue weighted by Crippen LogP contribution is 2.39. The molecule has 4 heterocycles. The molecule has 1 aromatic carbocycles. The Morgan fingerprint density at radius 2 is 1.75 bits per heavy atom. The molecule has 0 bridgehead atoms. The second kappa shape index (κ2) is 12.1. The van der Waals surface area contributed by atoms with Crippen molar-refractivity contribution in [2.24, 2.45) is 7.05 Å². The molecule has 0 saturated carbocycles. The highest BCUT2D eigenvalue weighted by molar-refractivity contribution is 7.20. The van der Waals surface area contributed by atoms with Gasteiger partial charge < -0.3 is 19.5 Å². The molecule has 3 aromatic heterocycles. The fraction of sp³-hybridized carbons (Fsp3) is 0.367. The SMILES string of the molecule is C=C(NC)c1c(C)n(C)c2cc(Oc3ccnc4cc(C(=C)N5CCCC5)sc34)ccc12.CC.CC. The van der Waals surface area contributed by atoms with Crippen molar-refractivity contribution in [1.29, 1.82) is 0 Å². The summed E-state index contributed by atoms with van der Waals surface area (Å²) in [6, 6.07) is 10.3. The van der Waals surface area contributed by atoms with E-state index in [1.54, 1.807) is 11.3 Å². The number of ether oxygens (including phenoxy) is 1. The summed E-state index contributed by atoms with van der Waals surface area (Å²) in [5.41, 5.74) is 6.39. The molecule has 0 aliphatic carbocycles. The van der Waals surface area contributed by atoms with Crippen molar-refractivity contribution < 1.29 is 4.74 Å². The number of thiophene rings is 1. The van der Waals surface area contributed by atoms with E-state index in [-0.39, 0.29) is 0 Å². The van der Waals surface area contributed by atoms with Crippen LogP contribution in [-0.2, 0) is 7.05 Å².